The maximum absolute atomic E-state index is 12.4. The average Bonchev–Trinajstić information content (AvgIpc) is 3.03. The van der Waals surface area contributed by atoms with Gasteiger partial charge in [0.25, 0.3) is 0 Å². The minimum atomic E-state index is -3.63. The third kappa shape index (κ3) is 4.50. The summed E-state index contributed by atoms with van der Waals surface area (Å²) in [5.74, 6) is 3.11. The zero-order chi connectivity index (χ0) is 21.0. The second-order valence-corrected chi connectivity index (χ2v) is 9.08. The minimum absolute atomic E-state index is 0.138. The van der Waals surface area contributed by atoms with Crippen molar-refractivity contribution in [2.24, 2.45) is 11.8 Å². The van der Waals surface area contributed by atoms with Crippen LogP contribution in [0.3, 0.4) is 0 Å². The molecule has 0 bridgehead atoms. The van der Waals surface area contributed by atoms with Crippen molar-refractivity contribution in [1.29, 1.82) is 0 Å². The first kappa shape index (κ1) is 20.8. The third-order valence-corrected chi connectivity index (χ3v) is 6.75. The fourth-order valence-corrected chi connectivity index (χ4v) is 4.87. The number of sulfone groups is 1. The zero-order valence-corrected chi connectivity index (χ0v) is 17.5. The highest BCUT2D eigenvalue weighted by atomic mass is 32.2. The largest absolute Gasteiger partial charge is 0.372 e. The molecular formula is C24H24O5S. The molecule has 1 fully saturated rings. The molecule has 4 atom stereocenters. The van der Waals surface area contributed by atoms with Crippen LogP contribution in [-0.2, 0) is 30.7 Å². The molecular weight excluding hydrogens is 400 g/mol. The van der Waals surface area contributed by atoms with Crippen LogP contribution in [0.4, 0.5) is 0 Å². The van der Waals surface area contributed by atoms with Crippen LogP contribution >= 0.6 is 0 Å². The van der Waals surface area contributed by atoms with E-state index in [0.29, 0.717) is 19.6 Å². The van der Waals surface area contributed by atoms with Gasteiger partial charge in [-0.05, 0) is 23.3 Å². The first-order valence-corrected chi connectivity index (χ1v) is 11.4. The van der Waals surface area contributed by atoms with Gasteiger partial charge in [0.15, 0.2) is 6.29 Å². The lowest BCUT2D eigenvalue weighted by Gasteiger charge is -2.32. The van der Waals surface area contributed by atoms with Gasteiger partial charge < -0.3 is 14.2 Å². The molecule has 0 spiro atoms. The molecule has 2 aromatic carbocycles. The third-order valence-electron chi connectivity index (χ3n) is 5.45. The summed E-state index contributed by atoms with van der Waals surface area (Å²) in [5, 5.41) is 2.42. The lowest BCUT2D eigenvalue weighted by molar-refractivity contribution is -0.123. The molecule has 6 heteroatoms. The van der Waals surface area contributed by atoms with Crippen LogP contribution in [-0.4, -0.2) is 34.5 Å². The van der Waals surface area contributed by atoms with Crippen molar-refractivity contribution in [3.05, 3.63) is 77.9 Å². The first-order chi connectivity index (χ1) is 14.6. The van der Waals surface area contributed by atoms with Gasteiger partial charge in [0, 0.05) is 30.6 Å². The van der Waals surface area contributed by atoms with Crippen molar-refractivity contribution in [2.45, 2.75) is 30.3 Å². The lowest BCUT2D eigenvalue weighted by atomic mass is 9.72. The first-order valence-electron chi connectivity index (χ1n) is 9.89. The summed E-state index contributed by atoms with van der Waals surface area (Å²) < 4.78 is 42.0. The van der Waals surface area contributed by atoms with Crippen molar-refractivity contribution in [3.63, 3.8) is 0 Å². The van der Waals surface area contributed by atoms with Gasteiger partial charge >= 0.3 is 0 Å². The Hall–Kier alpha value is -2.43. The number of ether oxygens (including phenoxy) is 3. The van der Waals surface area contributed by atoms with E-state index in [2.05, 4.69) is 17.2 Å². The van der Waals surface area contributed by atoms with Crippen molar-refractivity contribution in [1.82, 2.24) is 0 Å². The van der Waals surface area contributed by atoms with Crippen molar-refractivity contribution < 1.29 is 22.6 Å². The molecule has 1 heterocycles. The zero-order valence-electron chi connectivity index (χ0n) is 16.7. The van der Waals surface area contributed by atoms with Crippen LogP contribution in [0.2, 0.25) is 0 Å². The van der Waals surface area contributed by atoms with Crippen LogP contribution < -0.4 is 0 Å². The molecule has 30 heavy (non-hydrogen) atoms. The summed E-state index contributed by atoms with van der Waals surface area (Å²) in [6.45, 7) is 1.06. The van der Waals surface area contributed by atoms with Crippen LogP contribution in [0.5, 0.6) is 0 Å². The van der Waals surface area contributed by atoms with E-state index in [0.717, 1.165) is 11.1 Å². The second-order valence-electron chi connectivity index (χ2n) is 7.40. The van der Waals surface area contributed by atoms with E-state index >= 15 is 0 Å². The molecule has 0 N–H and O–H groups in total. The van der Waals surface area contributed by atoms with Crippen molar-refractivity contribution >= 4 is 9.84 Å². The molecule has 1 aliphatic carbocycles. The number of hydrogen-bond donors (Lipinski definition) is 0. The van der Waals surface area contributed by atoms with Gasteiger partial charge in [0.2, 0.25) is 9.84 Å². The number of methoxy groups -OCH3 is 1. The number of rotatable bonds is 7. The Kier molecular flexibility index (Phi) is 6.35. The Balaban J connectivity index is 1.38. The van der Waals surface area contributed by atoms with E-state index in [4.69, 9.17) is 14.2 Å². The number of benzene rings is 2. The Morgan fingerprint density at radius 1 is 1.00 bits per heavy atom. The molecule has 1 aliphatic heterocycles. The fourth-order valence-electron chi connectivity index (χ4n) is 3.96. The van der Waals surface area contributed by atoms with Crippen LogP contribution in [0.1, 0.15) is 12.0 Å². The van der Waals surface area contributed by atoms with Gasteiger partial charge in [-0.1, -0.05) is 60.5 Å². The predicted molar refractivity (Wildman–Crippen MR) is 113 cm³/mol. The molecule has 0 amide bonds. The highest BCUT2D eigenvalue weighted by molar-refractivity contribution is 7.96. The Bertz CT molecular complexity index is 1050. The summed E-state index contributed by atoms with van der Waals surface area (Å²) in [4.78, 5) is 0.205. The highest BCUT2D eigenvalue weighted by Crippen LogP contribution is 2.47. The van der Waals surface area contributed by atoms with Crippen molar-refractivity contribution in [2.75, 3.05) is 13.7 Å². The number of fused-ring (bicyclic) bond motifs is 1. The Morgan fingerprint density at radius 3 is 2.40 bits per heavy atom. The smallest absolute Gasteiger partial charge is 0.245 e. The molecule has 0 unspecified atom stereocenters. The second kappa shape index (κ2) is 9.15. The summed E-state index contributed by atoms with van der Waals surface area (Å²) in [6.07, 6.45) is 1.92. The molecule has 0 saturated carbocycles. The Labute approximate surface area is 177 Å². The average molecular weight is 425 g/mol. The summed E-state index contributed by atoms with van der Waals surface area (Å²) in [6, 6.07) is 18.3. The van der Waals surface area contributed by atoms with Gasteiger partial charge in [0.1, 0.15) is 0 Å². The quantitative estimate of drug-likeness (QED) is 0.386. The fraction of sp³-hybridized carbons (Fsp3) is 0.333. The van der Waals surface area contributed by atoms with Gasteiger partial charge in [-0.2, -0.15) is 0 Å². The summed E-state index contributed by atoms with van der Waals surface area (Å²) in [7, 11) is -2.01. The maximum atomic E-state index is 12.4. The van der Waals surface area contributed by atoms with E-state index in [-0.39, 0.29) is 29.1 Å². The SMILES string of the molecule is CO[C@@H]1O[C@@H](CC#CS(=O)(=O)c2ccccc2)[C@H]2C(COCc3ccccc3)=C[C@@H]12. The molecule has 1 saturated heterocycles. The molecule has 2 aliphatic rings. The van der Waals surface area contributed by atoms with E-state index in [1.807, 2.05) is 30.3 Å². The minimum Gasteiger partial charge on any atom is -0.372 e. The molecule has 2 aromatic rings. The number of hydrogen-bond acceptors (Lipinski definition) is 5. The van der Waals surface area contributed by atoms with E-state index in [1.54, 1.807) is 37.4 Å². The van der Waals surface area contributed by atoms with Crippen LogP contribution in [0.15, 0.2) is 77.2 Å². The van der Waals surface area contributed by atoms with Gasteiger partial charge in [-0.3, -0.25) is 0 Å². The molecule has 156 valence electrons. The molecule has 0 aromatic heterocycles. The Morgan fingerprint density at radius 2 is 1.70 bits per heavy atom. The van der Waals surface area contributed by atoms with E-state index < -0.39 is 9.84 Å². The van der Waals surface area contributed by atoms with Gasteiger partial charge in [0.05, 0.1) is 24.2 Å². The predicted octanol–water partition coefficient (Wildman–Crippen LogP) is 3.57. The summed E-state index contributed by atoms with van der Waals surface area (Å²) >= 11 is 0. The van der Waals surface area contributed by atoms with Gasteiger partial charge in [-0.15, -0.1) is 0 Å². The monoisotopic (exact) mass is 424 g/mol. The van der Waals surface area contributed by atoms with Gasteiger partial charge in [-0.25, -0.2) is 8.42 Å². The molecule has 0 radical (unpaired) electrons. The maximum Gasteiger partial charge on any atom is 0.245 e. The highest BCUT2D eigenvalue weighted by Gasteiger charge is 2.50. The topological polar surface area (TPSA) is 61.8 Å². The van der Waals surface area contributed by atoms with E-state index in [9.17, 15) is 8.42 Å². The standard InChI is InChI=1S/C24H24O5S/c1-27-24-21-15-19(17-28-16-18-9-4-2-5-10-18)23(21)22(29-24)13-8-14-30(25,26)20-11-6-3-7-12-20/h2-7,9-12,15,21-24H,13,16-17H2,1H3/t21-,22+,23+,24-/m1/s1. The molecule has 4 rings (SSSR count). The normalized spacial score (nSPS) is 24.9. The van der Waals surface area contributed by atoms with Crippen molar-refractivity contribution in [3.8, 4) is 11.2 Å². The van der Waals surface area contributed by atoms with Crippen LogP contribution in [0.25, 0.3) is 0 Å². The lowest BCUT2D eigenvalue weighted by Crippen LogP contribution is -2.33. The van der Waals surface area contributed by atoms with Crippen LogP contribution in [0, 0.1) is 23.0 Å². The molecule has 5 nitrogen and oxygen atoms in total. The van der Waals surface area contributed by atoms with E-state index in [1.165, 1.54) is 0 Å². The summed E-state index contributed by atoms with van der Waals surface area (Å²) in [5.41, 5.74) is 2.29.